The molecule has 3 rings (SSSR count). The Bertz CT molecular complexity index is 630. The number of nitrogens with one attached hydrogen (secondary N) is 1. The number of hydrogen-bond donors (Lipinski definition) is 1. The molecule has 0 saturated carbocycles. The van der Waals surface area contributed by atoms with Crippen LogP contribution in [0.5, 0.6) is 5.75 Å². The fraction of sp³-hybridized carbons (Fsp3) is 0.235. The molecule has 0 aliphatic carbocycles. The third-order valence-electron chi connectivity index (χ3n) is 3.69. The average Bonchev–Trinajstić information content (AvgIpc) is 2.97. The zero-order chi connectivity index (χ0) is 14.7. The molecule has 0 spiro atoms. The molecule has 0 radical (unpaired) electrons. The van der Waals surface area contributed by atoms with Gasteiger partial charge in [0.2, 0.25) is 5.91 Å². The number of halogens is 1. The molecule has 2 atom stereocenters. The lowest BCUT2D eigenvalue weighted by atomic mass is 9.99. The van der Waals surface area contributed by atoms with E-state index in [2.05, 4.69) is 5.32 Å². The predicted molar refractivity (Wildman–Crippen MR) is 82.7 cm³/mol. The highest BCUT2D eigenvalue weighted by Crippen LogP contribution is 2.34. The van der Waals surface area contributed by atoms with Gasteiger partial charge in [-0.1, -0.05) is 48.5 Å². The van der Waals surface area contributed by atoms with Crippen molar-refractivity contribution in [3.05, 3.63) is 65.7 Å². The Balaban J connectivity index is 1.75. The van der Waals surface area contributed by atoms with E-state index in [-0.39, 0.29) is 17.9 Å². The number of carbonyl (C=O) groups excluding carboxylic acids is 1. The summed E-state index contributed by atoms with van der Waals surface area (Å²) in [5.74, 6) is 0.815. The molecule has 2 unspecified atom stereocenters. The number of para-hydroxylation sites is 1. The van der Waals surface area contributed by atoms with Crippen LogP contribution in [-0.2, 0) is 4.79 Å². The minimum absolute atomic E-state index is 0.0468. The van der Waals surface area contributed by atoms with Gasteiger partial charge in [0.25, 0.3) is 0 Å². The zero-order valence-electron chi connectivity index (χ0n) is 11.5. The molecule has 108 valence electrons. The molecule has 1 amide bonds. The van der Waals surface area contributed by atoms with E-state index in [4.69, 9.17) is 16.3 Å². The second kappa shape index (κ2) is 6.19. The number of ether oxygens (including phenoxy) is 1. The molecule has 0 aromatic heterocycles. The second-order valence-electron chi connectivity index (χ2n) is 5.03. The summed E-state index contributed by atoms with van der Waals surface area (Å²) in [6.45, 7) is 0.384. The lowest BCUT2D eigenvalue weighted by Gasteiger charge is -2.18. The summed E-state index contributed by atoms with van der Waals surface area (Å²) >= 11 is 6.01. The van der Waals surface area contributed by atoms with Crippen LogP contribution in [0.4, 0.5) is 0 Å². The van der Waals surface area contributed by atoms with E-state index < -0.39 is 0 Å². The summed E-state index contributed by atoms with van der Waals surface area (Å²) in [7, 11) is 0. The van der Waals surface area contributed by atoms with Gasteiger partial charge >= 0.3 is 0 Å². The van der Waals surface area contributed by atoms with E-state index >= 15 is 0 Å². The van der Waals surface area contributed by atoms with Gasteiger partial charge in [0.1, 0.15) is 18.3 Å². The van der Waals surface area contributed by atoms with Crippen LogP contribution in [0.2, 0.25) is 0 Å². The summed E-state index contributed by atoms with van der Waals surface area (Å²) in [4.78, 5) is 12.5. The van der Waals surface area contributed by atoms with Crippen molar-refractivity contribution in [2.24, 2.45) is 0 Å². The first kappa shape index (κ1) is 14.0. The Hall–Kier alpha value is -2.00. The molecule has 4 heteroatoms. The summed E-state index contributed by atoms with van der Waals surface area (Å²) in [5, 5.41) is 3.01. The molecule has 2 aromatic carbocycles. The van der Waals surface area contributed by atoms with Crippen LogP contribution in [-0.4, -0.2) is 18.4 Å². The number of hydrogen-bond acceptors (Lipinski definition) is 2. The molecular weight excluding hydrogens is 286 g/mol. The maximum Gasteiger partial charge on any atom is 0.231 e. The third kappa shape index (κ3) is 2.88. The van der Waals surface area contributed by atoms with Crippen molar-refractivity contribution in [1.29, 1.82) is 0 Å². The van der Waals surface area contributed by atoms with Gasteiger partial charge in [-0.3, -0.25) is 4.79 Å². The Kier molecular flexibility index (Phi) is 4.11. The lowest BCUT2D eigenvalue weighted by Crippen LogP contribution is -2.34. The van der Waals surface area contributed by atoms with Gasteiger partial charge in [-0.05, 0) is 11.6 Å². The summed E-state index contributed by atoms with van der Waals surface area (Å²) in [6.07, 6.45) is 0. The summed E-state index contributed by atoms with van der Waals surface area (Å²) in [6, 6.07) is 17.2. The van der Waals surface area contributed by atoms with E-state index in [1.54, 1.807) is 0 Å². The molecule has 0 fully saturated rings. The average molecular weight is 302 g/mol. The Morgan fingerprint density at radius 2 is 1.90 bits per heavy atom. The van der Waals surface area contributed by atoms with E-state index in [9.17, 15) is 4.79 Å². The summed E-state index contributed by atoms with van der Waals surface area (Å²) < 4.78 is 5.56. The number of benzene rings is 2. The fourth-order valence-corrected chi connectivity index (χ4v) is 2.80. The molecule has 0 saturated heterocycles. The van der Waals surface area contributed by atoms with Gasteiger partial charge in [-0.2, -0.15) is 0 Å². The standard InChI is InChI=1S/C17H16ClNO2/c18-10-15(12-6-2-1-3-7-12)19-17(20)14-11-21-16-9-5-4-8-13(14)16/h1-9,14-15H,10-11H2,(H,19,20). The number of amides is 1. The monoisotopic (exact) mass is 301 g/mol. The highest BCUT2D eigenvalue weighted by Gasteiger charge is 2.31. The van der Waals surface area contributed by atoms with Crippen molar-refractivity contribution in [2.45, 2.75) is 12.0 Å². The number of fused-ring (bicyclic) bond motifs is 1. The highest BCUT2D eigenvalue weighted by atomic mass is 35.5. The Morgan fingerprint density at radius 1 is 1.19 bits per heavy atom. The largest absolute Gasteiger partial charge is 0.492 e. The van der Waals surface area contributed by atoms with Gasteiger partial charge in [0.05, 0.1) is 6.04 Å². The maximum atomic E-state index is 12.5. The van der Waals surface area contributed by atoms with E-state index in [1.807, 2.05) is 54.6 Å². The van der Waals surface area contributed by atoms with Crippen LogP contribution in [0.1, 0.15) is 23.1 Å². The topological polar surface area (TPSA) is 38.3 Å². The fourth-order valence-electron chi connectivity index (χ4n) is 2.55. The quantitative estimate of drug-likeness (QED) is 0.880. The van der Waals surface area contributed by atoms with Gasteiger partial charge in [-0.15, -0.1) is 11.6 Å². The Morgan fingerprint density at radius 3 is 2.67 bits per heavy atom. The van der Waals surface area contributed by atoms with Crippen LogP contribution >= 0.6 is 11.6 Å². The molecule has 1 heterocycles. The number of alkyl halides is 1. The van der Waals surface area contributed by atoms with Gasteiger partial charge in [-0.25, -0.2) is 0 Å². The molecular formula is C17H16ClNO2. The van der Waals surface area contributed by atoms with E-state index in [1.165, 1.54) is 0 Å². The zero-order valence-corrected chi connectivity index (χ0v) is 12.2. The van der Waals surface area contributed by atoms with Crippen LogP contribution in [0.25, 0.3) is 0 Å². The molecule has 21 heavy (non-hydrogen) atoms. The van der Waals surface area contributed by atoms with Crippen molar-refractivity contribution >= 4 is 17.5 Å². The van der Waals surface area contributed by atoms with Gasteiger partial charge in [0, 0.05) is 11.4 Å². The van der Waals surface area contributed by atoms with Gasteiger partial charge < -0.3 is 10.1 Å². The van der Waals surface area contributed by atoms with E-state index in [0.717, 1.165) is 16.9 Å². The van der Waals surface area contributed by atoms with Crippen molar-refractivity contribution < 1.29 is 9.53 Å². The normalized spacial score (nSPS) is 17.7. The predicted octanol–water partition coefficient (Wildman–Crippen LogP) is 3.26. The molecule has 3 nitrogen and oxygen atoms in total. The maximum absolute atomic E-state index is 12.5. The molecule has 0 bridgehead atoms. The molecule has 1 aliphatic rings. The Labute approximate surface area is 128 Å². The first-order valence-corrected chi connectivity index (χ1v) is 7.46. The molecule has 1 N–H and O–H groups in total. The first-order valence-electron chi connectivity index (χ1n) is 6.92. The highest BCUT2D eigenvalue weighted by molar-refractivity contribution is 6.18. The number of rotatable bonds is 4. The molecule has 1 aliphatic heterocycles. The minimum Gasteiger partial charge on any atom is -0.492 e. The van der Waals surface area contributed by atoms with Crippen LogP contribution < -0.4 is 10.1 Å². The van der Waals surface area contributed by atoms with Crippen molar-refractivity contribution in [2.75, 3.05) is 12.5 Å². The number of carbonyl (C=O) groups is 1. The van der Waals surface area contributed by atoms with E-state index in [0.29, 0.717) is 12.5 Å². The third-order valence-corrected chi connectivity index (χ3v) is 4.00. The SMILES string of the molecule is O=C(NC(CCl)c1ccccc1)C1COc2ccccc21. The second-order valence-corrected chi connectivity index (χ2v) is 5.34. The lowest BCUT2D eigenvalue weighted by molar-refractivity contribution is -0.123. The molecule has 2 aromatic rings. The van der Waals surface area contributed by atoms with Crippen molar-refractivity contribution in [3.63, 3.8) is 0 Å². The van der Waals surface area contributed by atoms with Gasteiger partial charge in [0.15, 0.2) is 0 Å². The van der Waals surface area contributed by atoms with Crippen LogP contribution in [0.3, 0.4) is 0 Å². The smallest absolute Gasteiger partial charge is 0.231 e. The van der Waals surface area contributed by atoms with Crippen molar-refractivity contribution in [3.8, 4) is 5.75 Å². The van der Waals surface area contributed by atoms with Crippen LogP contribution in [0.15, 0.2) is 54.6 Å². The first-order chi connectivity index (χ1) is 10.3. The summed E-state index contributed by atoms with van der Waals surface area (Å²) in [5.41, 5.74) is 1.95. The van der Waals surface area contributed by atoms with Crippen LogP contribution in [0, 0.1) is 0 Å². The van der Waals surface area contributed by atoms with Crippen molar-refractivity contribution in [1.82, 2.24) is 5.32 Å². The minimum atomic E-state index is -0.268.